The highest BCUT2D eigenvalue weighted by Gasteiger charge is 2.32. The SMILES string of the molecule is CCC(C)PC1CCC2CCCCC2C1. The zero-order valence-electron chi connectivity index (χ0n) is 10.5. The van der Waals surface area contributed by atoms with Crippen LogP contribution >= 0.6 is 8.58 Å². The fourth-order valence-electron chi connectivity index (χ4n) is 3.54. The van der Waals surface area contributed by atoms with Crippen molar-refractivity contribution in [3.63, 3.8) is 0 Å². The standard InChI is InChI=1S/C14H27P/c1-3-11(2)15-14-9-8-12-6-4-5-7-13(12)10-14/h11-15H,3-10H2,1-2H3. The van der Waals surface area contributed by atoms with Crippen molar-refractivity contribution in [3.05, 3.63) is 0 Å². The second-order valence-corrected chi connectivity index (χ2v) is 7.93. The van der Waals surface area contributed by atoms with Crippen LogP contribution in [0.5, 0.6) is 0 Å². The van der Waals surface area contributed by atoms with Crippen LogP contribution in [0.2, 0.25) is 0 Å². The molecule has 0 heterocycles. The van der Waals surface area contributed by atoms with E-state index in [1.165, 1.54) is 27.8 Å². The molecule has 0 radical (unpaired) electrons. The monoisotopic (exact) mass is 226 g/mol. The number of fused-ring (bicyclic) bond motifs is 1. The summed E-state index contributed by atoms with van der Waals surface area (Å²) in [6, 6.07) is 0. The minimum absolute atomic E-state index is 0.996. The van der Waals surface area contributed by atoms with Crippen molar-refractivity contribution in [2.75, 3.05) is 0 Å². The quantitative estimate of drug-likeness (QED) is 0.605. The molecule has 0 nitrogen and oxygen atoms in total. The maximum Gasteiger partial charge on any atom is -0.0231 e. The first-order chi connectivity index (χ1) is 7.29. The Morgan fingerprint density at radius 3 is 2.53 bits per heavy atom. The van der Waals surface area contributed by atoms with Crippen molar-refractivity contribution in [1.29, 1.82) is 0 Å². The molecule has 0 amide bonds. The van der Waals surface area contributed by atoms with E-state index in [4.69, 9.17) is 0 Å². The van der Waals surface area contributed by atoms with Gasteiger partial charge in [0.05, 0.1) is 0 Å². The first-order valence-corrected chi connectivity index (χ1v) is 8.21. The van der Waals surface area contributed by atoms with Gasteiger partial charge in [-0.1, -0.05) is 39.5 Å². The van der Waals surface area contributed by atoms with Gasteiger partial charge in [-0.25, -0.2) is 0 Å². The lowest BCUT2D eigenvalue weighted by atomic mass is 9.71. The van der Waals surface area contributed by atoms with Gasteiger partial charge in [0.1, 0.15) is 0 Å². The van der Waals surface area contributed by atoms with E-state index >= 15 is 0 Å². The van der Waals surface area contributed by atoms with E-state index in [1.54, 1.807) is 32.1 Å². The highest BCUT2D eigenvalue weighted by Crippen LogP contribution is 2.46. The third kappa shape index (κ3) is 3.19. The van der Waals surface area contributed by atoms with E-state index in [0.29, 0.717) is 0 Å². The Hall–Kier alpha value is 0.430. The fraction of sp³-hybridized carbons (Fsp3) is 1.00. The van der Waals surface area contributed by atoms with Gasteiger partial charge in [0.2, 0.25) is 0 Å². The molecule has 5 unspecified atom stereocenters. The normalized spacial score (nSPS) is 39.2. The lowest BCUT2D eigenvalue weighted by molar-refractivity contribution is 0.174. The Balaban J connectivity index is 1.80. The average Bonchev–Trinajstić information content (AvgIpc) is 2.29. The van der Waals surface area contributed by atoms with Crippen LogP contribution in [0.15, 0.2) is 0 Å². The van der Waals surface area contributed by atoms with Crippen molar-refractivity contribution in [2.45, 2.75) is 76.5 Å². The van der Waals surface area contributed by atoms with Gasteiger partial charge in [0.25, 0.3) is 0 Å². The molecule has 0 spiro atoms. The molecule has 2 rings (SSSR count). The molecule has 0 aromatic heterocycles. The second-order valence-electron chi connectivity index (χ2n) is 5.79. The van der Waals surface area contributed by atoms with Gasteiger partial charge in [0, 0.05) is 0 Å². The van der Waals surface area contributed by atoms with Gasteiger partial charge in [-0.15, -0.1) is 8.58 Å². The summed E-state index contributed by atoms with van der Waals surface area (Å²) < 4.78 is 0. The summed E-state index contributed by atoms with van der Waals surface area (Å²) in [5.74, 6) is 2.27. The highest BCUT2D eigenvalue weighted by atomic mass is 31.1. The molecule has 0 aliphatic heterocycles. The van der Waals surface area contributed by atoms with Crippen molar-refractivity contribution < 1.29 is 0 Å². The average molecular weight is 226 g/mol. The molecule has 2 aliphatic rings. The van der Waals surface area contributed by atoms with Crippen molar-refractivity contribution >= 4 is 8.58 Å². The van der Waals surface area contributed by atoms with Gasteiger partial charge in [-0.3, -0.25) is 0 Å². The largest absolute Gasteiger partial charge is 0.116 e. The smallest absolute Gasteiger partial charge is 0.0231 e. The Bertz CT molecular complexity index is 190. The van der Waals surface area contributed by atoms with Crippen LogP contribution in [0, 0.1) is 11.8 Å². The molecule has 2 fully saturated rings. The van der Waals surface area contributed by atoms with Crippen LogP contribution in [-0.4, -0.2) is 11.3 Å². The Morgan fingerprint density at radius 1 is 1.07 bits per heavy atom. The van der Waals surface area contributed by atoms with Crippen molar-refractivity contribution in [2.24, 2.45) is 11.8 Å². The van der Waals surface area contributed by atoms with E-state index in [0.717, 1.165) is 23.2 Å². The Kier molecular flexibility index (Phi) is 4.50. The first-order valence-electron chi connectivity index (χ1n) is 7.05. The van der Waals surface area contributed by atoms with Crippen LogP contribution in [0.4, 0.5) is 0 Å². The van der Waals surface area contributed by atoms with Gasteiger partial charge < -0.3 is 0 Å². The van der Waals surface area contributed by atoms with Gasteiger partial charge in [0.15, 0.2) is 0 Å². The molecule has 2 aliphatic carbocycles. The molecular weight excluding hydrogens is 199 g/mol. The van der Waals surface area contributed by atoms with E-state index in [-0.39, 0.29) is 0 Å². The molecule has 0 aromatic rings. The molecule has 1 heteroatoms. The van der Waals surface area contributed by atoms with Gasteiger partial charge in [-0.05, 0) is 48.8 Å². The third-order valence-corrected chi connectivity index (χ3v) is 6.65. The third-order valence-electron chi connectivity index (χ3n) is 4.67. The topological polar surface area (TPSA) is 0 Å². The summed E-state index contributed by atoms with van der Waals surface area (Å²) in [4.78, 5) is 0. The van der Waals surface area contributed by atoms with Crippen molar-refractivity contribution in [1.82, 2.24) is 0 Å². The Labute approximate surface area is 97.4 Å². The summed E-state index contributed by atoms with van der Waals surface area (Å²) in [7, 11) is 1.26. The van der Waals surface area contributed by atoms with E-state index in [2.05, 4.69) is 13.8 Å². The second kappa shape index (κ2) is 5.67. The van der Waals surface area contributed by atoms with Crippen LogP contribution in [0.1, 0.15) is 65.2 Å². The van der Waals surface area contributed by atoms with Crippen molar-refractivity contribution in [3.8, 4) is 0 Å². The lowest BCUT2D eigenvalue weighted by Crippen LogP contribution is -2.29. The van der Waals surface area contributed by atoms with Gasteiger partial charge >= 0.3 is 0 Å². The van der Waals surface area contributed by atoms with E-state index in [1.807, 2.05) is 0 Å². The maximum absolute atomic E-state index is 2.45. The molecular formula is C14H27P. The van der Waals surface area contributed by atoms with Gasteiger partial charge in [-0.2, -0.15) is 0 Å². The van der Waals surface area contributed by atoms with Crippen LogP contribution in [0.3, 0.4) is 0 Å². The summed E-state index contributed by atoms with van der Waals surface area (Å²) in [6.07, 6.45) is 12.3. The fourth-order valence-corrected chi connectivity index (χ4v) is 5.36. The molecule has 0 bridgehead atoms. The molecule has 2 saturated carbocycles. The lowest BCUT2D eigenvalue weighted by Gasteiger charge is -2.40. The summed E-state index contributed by atoms with van der Waals surface area (Å²) >= 11 is 0. The molecule has 5 atom stereocenters. The summed E-state index contributed by atoms with van der Waals surface area (Å²) in [5, 5.41) is 0. The molecule has 88 valence electrons. The zero-order valence-corrected chi connectivity index (χ0v) is 11.5. The zero-order chi connectivity index (χ0) is 10.7. The molecule has 15 heavy (non-hydrogen) atoms. The molecule has 0 N–H and O–H groups in total. The maximum atomic E-state index is 2.45. The summed E-state index contributed by atoms with van der Waals surface area (Å²) in [5.41, 5.74) is 2.11. The minimum atomic E-state index is 0.996. The van der Waals surface area contributed by atoms with E-state index in [9.17, 15) is 0 Å². The first kappa shape index (κ1) is 11.9. The Morgan fingerprint density at radius 2 is 1.80 bits per heavy atom. The number of hydrogen-bond acceptors (Lipinski definition) is 0. The highest BCUT2D eigenvalue weighted by molar-refractivity contribution is 7.39. The number of hydrogen-bond donors (Lipinski definition) is 0. The van der Waals surface area contributed by atoms with E-state index < -0.39 is 0 Å². The molecule has 0 saturated heterocycles. The summed E-state index contributed by atoms with van der Waals surface area (Å²) in [6.45, 7) is 4.80. The molecule has 0 aromatic carbocycles. The number of rotatable bonds is 3. The van der Waals surface area contributed by atoms with Crippen LogP contribution < -0.4 is 0 Å². The minimum Gasteiger partial charge on any atom is -0.116 e. The predicted molar refractivity (Wildman–Crippen MR) is 71.2 cm³/mol. The van der Waals surface area contributed by atoms with Crippen LogP contribution in [-0.2, 0) is 0 Å². The van der Waals surface area contributed by atoms with Crippen LogP contribution in [0.25, 0.3) is 0 Å². The predicted octanol–water partition coefficient (Wildman–Crippen LogP) is 4.82.